The molecule has 2 fully saturated rings. The standard InChI is InChI=1S/C42H39ClF6N8O3/c1-41(2,60)11-10-23-6-7-24(25-8-9-29(43)32-35(25)55(3)54-40(32)52-30(58)19-56-12-4-5-13-56)33(51-23)27(16-20-14-21(44)17-22(45)15-20)36(39(50)59)57-37-31(34(53-57)38(46)47)26-18-28(26)42(37,48)49/h6-9,14-15,17,26-28,36,38,60H,4-5,12-13,16,18-19H2,1-3H3,(H2,50,59)(H,52,54,58)/t26-,27+,28+,36?/m0/s1. The quantitative estimate of drug-likeness (QED) is 0.0949. The second-order valence-corrected chi connectivity index (χ2v) is 16.6. The van der Waals surface area contributed by atoms with Crippen LogP contribution in [0.3, 0.4) is 0 Å². The second-order valence-electron chi connectivity index (χ2n) is 16.2. The Morgan fingerprint density at radius 1 is 1.05 bits per heavy atom. The number of benzene rings is 2. The summed E-state index contributed by atoms with van der Waals surface area (Å²) >= 11 is 6.78. The number of fused-ring (bicyclic) bond motifs is 4. The molecule has 5 aromatic rings. The number of halogens is 7. The molecule has 1 saturated carbocycles. The zero-order valence-corrected chi connectivity index (χ0v) is 33.3. The highest BCUT2D eigenvalue weighted by Crippen LogP contribution is 2.68. The summed E-state index contributed by atoms with van der Waals surface area (Å²) in [5.74, 6) is -5.43. The topological polar surface area (TPSA) is 144 Å². The van der Waals surface area contributed by atoms with Crippen molar-refractivity contribution in [3.63, 3.8) is 0 Å². The normalized spacial score (nSPS) is 19.2. The SMILES string of the molecule is Cn1nc(NC(=O)CN2CCCC2)c2c(Cl)ccc(-c3ccc(C#CC(C)(C)O)nc3[C@@H](Cc3cc(F)cc(F)c3)C(C(N)=O)n3nc(C(F)F)c4c3C(F)(F)[C@@H]3C[C@H]43)c21. The summed E-state index contributed by atoms with van der Waals surface area (Å²) in [4.78, 5) is 33.9. The van der Waals surface area contributed by atoms with Gasteiger partial charge in [-0.15, -0.1) is 0 Å². The van der Waals surface area contributed by atoms with Crippen LogP contribution < -0.4 is 11.1 Å². The van der Waals surface area contributed by atoms with Gasteiger partial charge < -0.3 is 16.2 Å². The van der Waals surface area contributed by atoms with E-state index in [2.05, 4.69) is 27.4 Å². The van der Waals surface area contributed by atoms with E-state index in [4.69, 9.17) is 22.3 Å². The summed E-state index contributed by atoms with van der Waals surface area (Å²) < 4.78 is 93.2. The van der Waals surface area contributed by atoms with Crippen LogP contribution in [0, 0.1) is 29.4 Å². The Kier molecular flexibility index (Phi) is 10.5. The van der Waals surface area contributed by atoms with Crippen molar-refractivity contribution in [3.05, 3.63) is 93.0 Å². The van der Waals surface area contributed by atoms with Crippen molar-refractivity contribution < 1.29 is 41.0 Å². The summed E-state index contributed by atoms with van der Waals surface area (Å²) in [5.41, 5.74) is 3.22. The summed E-state index contributed by atoms with van der Waals surface area (Å²) in [6, 6.07) is 6.78. The van der Waals surface area contributed by atoms with Crippen molar-refractivity contribution in [1.82, 2.24) is 29.4 Å². The first-order valence-electron chi connectivity index (χ1n) is 19.3. The molecule has 4 atom stereocenters. The van der Waals surface area contributed by atoms with Crippen LogP contribution in [-0.2, 0) is 29.0 Å². The van der Waals surface area contributed by atoms with Gasteiger partial charge in [0, 0.05) is 41.6 Å². The summed E-state index contributed by atoms with van der Waals surface area (Å²) in [6.45, 7) is 4.52. The van der Waals surface area contributed by atoms with Gasteiger partial charge >= 0.3 is 0 Å². The number of alkyl halides is 4. The zero-order chi connectivity index (χ0) is 43.0. The Morgan fingerprint density at radius 2 is 1.73 bits per heavy atom. The van der Waals surface area contributed by atoms with Crippen LogP contribution in [0.4, 0.5) is 32.2 Å². The Balaban J connectivity index is 1.37. The third-order valence-electron chi connectivity index (χ3n) is 11.3. The molecule has 0 radical (unpaired) electrons. The molecule has 0 spiro atoms. The molecule has 3 aliphatic rings. The lowest BCUT2D eigenvalue weighted by Gasteiger charge is -2.29. The van der Waals surface area contributed by atoms with Crippen molar-refractivity contribution in [2.45, 2.75) is 75.4 Å². The number of hydrogen-bond acceptors (Lipinski definition) is 7. The molecular weight excluding hydrogens is 814 g/mol. The van der Waals surface area contributed by atoms with Gasteiger partial charge in [-0.3, -0.25) is 19.2 Å². The van der Waals surface area contributed by atoms with Crippen molar-refractivity contribution in [3.8, 4) is 23.0 Å². The number of pyridine rings is 1. The molecule has 314 valence electrons. The maximum atomic E-state index is 16.1. The molecule has 4 N–H and O–H groups in total. The summed E-state index contributed by atoms with van der Waals surface area (Å²) in [6.07, 6.45) is -1.89. The number of aliphatic hydroxyl groups is 1. The average molecular weight is 853 g/mol. The van der Waals surface area contributed by atoms with Crippen molar-refractivity contribution in [2.75, 3.05) is 25.0 Å². The van der Waals surface area contributed by atoms with E-state index in [1.807, 2.05) is 4.90 Å². The molecule has 11 nitrogen and oxygen atoms in total. The Bertz CT molecular complexity index is 2600. The zero-order valence-electron chi connectivity index (χ0n) is 32.5. The summed E-state index contributed by atoms with van der Waals surface area (Å²) in [5, 5.41) is 22.3. The highest BCUT2D eigenvalue weighted by Gasteiger charge is 2.67. The molecule has 4 heterocycles. The number of primary amides is 1. The van der Waals surface area contributed by atoms with Crippen molar-refractivity contribution >= 4 is 40.1 Å². The van der Waals surface area contributed by atoms with Gasteiger partial charge in [0.05, 0.1) is 28.2 Å². The second kappa shape index (κ2) is 15.2. The number of carbonyl (C=O) groups is 2. The van der Waals surface area contributed by atoms with Crippen LogP contribution >= 0.6 is 11.6 Å². The molecule has 1 unspecified atom stereocenters. The first kappa shape index (κ1) is 41.3. The predicted octanol–water partition coefficient (Wildman–Crippen LogP) is 7.12. The number of nitrogens with two attached hydrogens (primary N) is 1. The highest BCUT2D eigenvalue weighted by atomic mass is 35.5. The first-order chi connectivity index (χ1) is 28.3. The monoisotopic (exact) mass is 852 g/mol. The van der Waals surface area contributed by atoms with Crippen LogP contribution in [0.2, 0.25) is 5.02 Å². The molecule has 8 rings (SSSR count). The van der Waals surface area contributed by atoms with Gasteiger partial charge in [-0.2, -0.15) is 19.0 Å². The lowest BCUT2D eigenvalue weighted by atomic mass is 9.84. The number of amides is 2. The van der Waals surface area contributed by atoms with Gasteiger partial charge in [0.2, 0.25) is 11.8 Å². The molecule has 2 aliphatic carbocycles. The number of nitrogens with zero attached hydrogens (tertiary/aromatic N) is 6. The number of aryl methyl sites for hydroxylation is 1. The Labute approximate surface area is 344 Å². The van der Waals surface area contributed by atoms with Gasteiger partial charge in [-0.05, 0) is 100 Å². The number of anilines is 1. The minimum atomic E-state index is -3.67. The van der Waals surface area contributed by atoms with Crippen LogP contribution in [0.1, 0.15) is 91.3 Å². The fourth-order valence-corrected chi connectivity index (χ4v) is 8.96. The molecule has 18 heteroatoms. The minimum Gasteiger partial charge on any atom is -0.378 e. The van der Waals surface area contributed by atoms with Gasteiger partial charge in [0.25, 0.3) is 12.3 Å². The van der Waals surface area contributed by atoms with Crippen LogP contribution in [-0.4, -0.2) is 71.6 Å². The third-order valence-corrected chi connectivity index (χ3v) is 11.6. The highest BCUT2D eigenvalue weighted by molar-refractivity contribution is 6.37. The fraction of sp³-hybridized carbons (Fsp3) is 0.405. The van der Waals surface area contributed by atoms with E-state index in [9.17, 15) is 32.3 Å². The van der Waals surface area contributed by atoms with E-state index in [0.717, 1.165) is 38.1 Å². The number of likely N-dealkylation sites (tertiary alicyclic amines) is 1. The maximum Gasteiger partial charge on any atom is 0.293 e. The van der Waals surface area contributed by atoms with Gasteiger partial charge in [-0.1, -0.05) is 23.6 Å². The predicted molar refractivity (Wildman–Crippen MR) is 209 cm³/mol. The minimum absolute atomic E-state index is 0.0186. The maximum absolute atomic E-state index is 16.1. The van der Waals surface area contributed by atoms with Crippen molar-refractivity contribution in [1.29, 1.82) is 0 Å². The van der Waals surface area contributed by atoms with Crippen molar-refractivity contribution in [2.24, 2.45) is 18.7 Å². The van der Waals surface area contributed by atoms with E-state index in [-0.39, 0.29) is 57.8 Å². The van der Waals surface area contributed by atoms with Gasteiger partial charge in [0.1, 0.15) is 40.4 Å². The van der Waals surface area contributed by atoms with E-state index < -0.39 is 77.1 Å². The lowest BCUT2D eigenvalue weighted by molar-refractivity contribution is -0.122. The molecule has 1 aliphatic heterocycles. The Morgan fingerprint density at radius 3 is 2.38 bits per heavy atom. The summed E-state index contributed by atoms with van der Waals surface area (Å²) in [7, 11) is 1.60. The van der Waals surface area contributed by atoms with Crippen LogP contribution in [0.15, 0.2) is 42.5 Å². The van der Waals surface area contributed by atoms with E-state index >= 15 is 8.78 Å². The number of carbonyl (C=O) groups excluding carboxylic acids is 2. The number of hydrogen-bond donors (Lipinski definition) is 3. The number of aromatic nitrogens is 5. The van der Waals surface area contributed by atoms with Crippen LogP contribution in [0.25, 0.3) is 22.0 Å². The molecule has 60 heavy (non-hydrogen) atoms. The smallest absolute Gasteiger partial charge is 0.293 e. The largest absolute Gasteiger partial charge is 0.378 e. The van der Waals surface area contributed by atoms with E-state index in [1.165, 1.54) is 30.7 Å². The molecule has 2 aromatic carbocycles. The van der Waals surface area contributed by atoms with Gasteiger partial charge in [-0.25, -0.2) is 27.2 Å². The Hall–Kier alpha value is -5.44. The van der Waals surface area contributed by atoms with E-state index in [0.29, 0.717) is 27.2 Å². The molecule has 3 aromatic heterocycles. The molecule has 0 bridgehead atoms. The van der Waals surface area contributed by atoms with Gasteiger partial charge in [0.15, 0.2) is 5.82 Å². The molecular formula is C42H39ClF6N8O3. The van der Waals surface area contributed by atoms with Crippen LogP contribution in [0.5, 0.6) is 0 Å². The fourth-order valence-electron chi connectivity index (χ4n) is 8.72. The number of nitrogens with one attached hydrogen (secondary N) is 1. The average Bonchev–Trinajstić information content (AvgIpc) is 3.37. The lowest BCUT2D eigenvalue weighted by Crippen LogP contribution is -2.37. The first-order valence-corrected chi connectivity index (χ1v) is 19.7. The molecule has 2 amide bonds. The van der Waals surface area contributed by atoms with E-state index in [1.54, 1.807) is 19.2 Å². The molecule has 1 saturated heterocycles. The third kappa shape index (κ3) is 7.60. The number of rotatable bonds is 11.